The Balaban J connectivity index is 1.41. The molecule has 0 saturated carbocycles. The van der Waals surface area contributed by atoms with Gasteiger partial charge < -0.3 is 90.5 Å². The lowest BCUT2D eigenvalue weighted by Crippen LogP contribution is -2.61. The number of aliphatic hydroxyl groups excluding tert-OH is 1. The van der Waals surface area contributed by atoms with Gasteiger partial charge in [-0.25, -0.2) is 4.98 Å². The number of carbonyl (C=O) groups excluding carboxylic acids is 11. The van der Waals surface area contributed by atoms with Crippen LogP contribution in [0.1, 0.15) is 115 Å². The Morgan fingerprint density at radius 1 is 0.656 bits per heavy atom. The number of guanidine groups is 1. The number of phenols is 1. The predicted octanol–water partition coefficient (Wildman–Crippen LogP) is -2.06. The number of nitrogens with one attached hydrogen (secondary N) is 10. The fourth-order valence-corrected chi connectivity index (χ4v) is 10.3. The van der Waals surface area contributed by atoms with Crippen molar-refractivity contribution in [1.29, 1.82) is 0 Å². The lowest BCUT2D eigenvalue weighted by atomic mass is 10.00. The van der Waals surface area contributed by atoms with Crippen LogP contribution in [0.4, 0.5) is 0 Å². The van der Waals surface area contributed by atoms with Crippen molar-refractivity contribution in [3.05, 3.63) is 84.1 Å². The van der Waals surface area contributed by atoms with Crippen LogP contribution in [0.25, 0.3) is 10.9 Å². The molecular formula is C60H87N17O13. The molecule has 0 bridgehead atoms. The highest BCUT2D eigenvalue weighted by Crippen LogP contribution is 2.21. The van der Waals surface area contributed by atoms with E-state index in [0.717, 1.165) is 0 Å². The third-order valence-corrected chi connectivity index (χ3v) is 15.1. The molecule has 1 aliphatic rings. The largest absolute Gasteiger partial charge is 0.508 e. The van der Waals surface area contributed by atoms with E-state index in [1.807, 2.05) is 20.8 Å². The monoisotopic (exact) mass is 1250 g/mol. The van der Waals surface area contributed by atoms with Gasteiger partial charge in [-0.1, -0.05) is 70.4 Å². The van der Waals surface area contributed by atoms with Gasteiger partial charge >= 0.3 is 0 Å². The molecule has 1 aliphatic heterocycles. The van der Waals surface area contributed by atoms with Crippen molar-refractivity contribution in [2.45, 2.75) is 172 Å². The highest BCUT2D eigenvalue weighted by Gasteiger charge is 2.38. The summed E-state index contributed by atoms with van der Waals surface area (Å²) in [6.45, 7) is 6.36. The number of carbonyl (C=O) groups is 11. The number of aromatic hydroxyl groups is 1. The van der Waals surface area contributed by atoms with E-state index >= 15 is 0 Å². The van der Waals surface area contributed by atoms with E-state index in [1.54, 1.807) is 30.5 Å². The fraction of sp³-hybridized carbons (Fsp3) is 0.517. The second-order valence-corrected chi connectivity index (χ2v) is 22.7. The van der Waals surface area contributed by atoms with Crippen LogP contribution in [0.3, 0.4) is 0 Å². The zero-order chi connectivity index (χ0) is 66.0. The summed E-state index contributed by atoms with van der Waals surface area (Å²) in [5.41, 5.74) is 23.9. The number of aliphatic imine (C=N–C) groups is 1. The smallest absolute Gasteiger partial charge is 0.245 e. The molecule has 30 heteroatoms. The molecule has 9 atom stereocenters. The van der Waals surface area contributed by atoms with Gasteiger partial charge in [0.05, 0.1) is 12.9 Å². The van der Waals surface area contributed by atoms with Crippen LogP contribution in [-0.4, -0.2) is 175 Å². The van der Waals surface area contributed by atoms with Gasteiger partial charge in [0.2, 0.25) is 65.0 Å². The zero-order valence-corrected chi connectivity index (χ0v) is 51.2. The first kappa shape index (κ1) is 71.1. The van der Waals surface area contributed by atoms with E-state index in [1.165, 1.54) is 48.6 Å². The second kappa shape index (κ2) is 35.4. The minimum absolute atomic E-state index is 0.0427. The van der Waals surface area contributed by atoms with Crippen molar-refractivity contribution in [2.24, 2.45) is 33.8 Å². The van der Waals surface area contributed by atoms with Crippen molar-refractivity contribution >= 4 is 81.8 Å². The minimum atomic E-state index is -1.80. The Morgan fingerprint density at radius 3 is 1.80 bits per heavy atom. The standard InChI is InChI=1S/C60H87N17O13/c1-5-6-7-14-42(70-54(85)44(25-33(2)3)72-53(84)43(15-10-23-66-60(63)64)71-59(90)49-16-11-24-77(49)34(4)79)52(83)73-45(26-35-17-19-38(80)20-18-35)55(86)76-48(31-78)58(89)74-46(27-36-29-67-40-13-9-8-12-39(36)40)56(87)75-47(28-37-30-65-32-68-37)57(88)69-41(51(62)82)21-22-50(61)81/h8-9,12-13,17-20,29-30,32-33,41-49,67,78,80H,5-7,10-11,14-16,21-28,31H2,1-4H3,(H2,61,81)(H2,62,82)(H,65,68)(H,69,88)(H,70,85)(H,71,90)(H,72,84)(H,73,83)(H,74,89)(H,75,87)(H,76,86)(H4,63,64,66). The first-order valence-corrected chi connectivity index (χ1v) is 30.1. The molecule has 2 aromatic carbocycles. The number of rotatable bonds is 37. The summed E-state index contributed by atoms with van der Waals surface area (Å²) >= 11 is 0. The summed E-state index contributed by atoms with van der Waals surface area (Å²) < 4.78 is 0. The Kier molecular flexibility index (Phi) is 28.0. The number of amides is 11. The van der Waals surface area contributed by atoms with E-state index < -0.39 is 120 Å². The number of H-pyrrole nitrogens is 2. The molecule has 0 radical (unpaired) electrons. The van der Waals surface area contributed by atoms with Crippen LogP contribution in [0.2, 0.25) is 0 Å². The number of nitrogens with two attached hydrogens (primary N) is 4. The number of hydrogen-bond acceptors (Lipinski definition) is 15. The van der Waals surface area contributed by atoms with Crippen molar-refractivity contribution in [1.82, 2.24) is 62.4 Å². The van der Waals surface area contributed by atoms with Crippen molar-refractivity contribution < 1.29 is 63.0 Å². The summed E-state index contributed by atoms with van der Waals surface area (Å²) in [6.07, 6.45) is 6.24. The van der Waals surface area contributed by atoms with Gasteiger partial charge in [0.25, 0.3) is 0 Å². The summed E-state index contributed by atoms with van der Waals surface area (Å²) in [5.74, 6) is -9.31. The number of aromatic nitrogens is 3. The maximum absolute atomic E-state index is 14.7. The molecule has 0 spiro atoms. The van der Waals surface area contributed by atoms with Crippen LogP contribution in [0.15, 0.2) is 72.2 Å². The molecule has 9 unspecified atom stereocenters. The molecular weight excluding hydrogens is 1170 g/mol. The fourth-order valence-electron chi connectivity index (χ4n) is 10.3. The van der Waals surface area contributed by atoms with E-state index in [9.17, 15) is 63.0 Å². The van der Waals surface area contributed by atoms with Crippen molar-refractivity contribution in [2.75, 3.05) is 19.7 Å². The number of hydrogen-bond donors (Lipinski definition) is 16. The highest BCUT2D eigenvalue weighted by molar-refractivity contribution is 5.99. The molecule has 2 aromatic heterocycles. The molecule has 30 nitrogen and oxygen atoms in total. The number of unbranched alkanes of at least 4 members (excludes halogenated alkanes) is 2. The van der Waals surface area contributed by atoms with Gasteiger partial charge in [0, 0.05) is 74.7 Å². The molecule has 20 N–H and O–H groups in total. The van der Waals surface area contributed by atoms with Gasteiger partial charge in [-0.2, -0.15) is 0 Å². The number of primary amides is 2. The number of nitrogens with zero attached hydrogens (tertiary/aromatic N) is 3. The first-order chi connectivity index (χ1) is 42.9. The number of phenolic OH excluding ortho intramolecular Hbond substituents is 1. The Labute approximate surface area is 520 Å². The zero-order valence-electron chi connectivity index (χ0n) is 51.2. The Bertz CT molecular complexity index is 3130. The van der Waals surface area contributed by atoms with Gasteiger partial charge in [-0.05, 0) is 80.2 Å². The number of benzene rings is 2. The van der Waals surface area contributed by atoms with Crippen LogP contribution in [0, 0.1) is 5.92 Å². The molecule has 11 amide bonds. The first-order valence-electron chi connectivity index (χ1n) is 30.1. The normalized spacial score (nSPS) is 15.5. The second-order valence-electron chi connectivity index (χ2n) is 22.7. The van der Waals surface area contributed by atoms with E-state index in [-0.39, 0.29) is 87.9 Å². The van der Waals surface area contributed by atoms with Gasteiger partial charge in [-0.15, -0.1) is 0 Å². The van der Waals surface area contributed by atoms with Crippen molar-refractivity contribution in [3.8, 4) is 5.75 Å². The molecule has 90 heavy (non-hydrogen) atoms. The molecule has 0 aliphatic carbocycles. The number of fused-ring (bicyclic) bond motifs is 1. The highest BCUT2D eigenvalue weighted by atomic mass is 16.3. The number of aliphatic hydroxyl groups is 1. The van der Waals surface area contributed by atoms with Crippen LogP contribution in [0.5, 0.6) is 5.75 Å². The summed E-state index contributed by atoms with van der Waals surface area (Å²) in [4.78, 5) is 166. The van der Waals surface area contributed by atoms with E-state index in [4.69, 9.17) is 22.9 Å². The number of imidazole rings is 1. The molecule has 3 heterocycles. The van der Waals surface area contributed by atoms with Gasteiger partial charge in [-0.3, -0.25) is 57.7 Å². The Morgan fingerprint density at radius 2 is 1.21 bits per heavy atom. The van der Waals surface area contributed by atoms with Crippen LogP contribution in [-0.2, 0) is 72.0 Å². The number of likely N-dealkylation sites (tertiary alicyclic amines) is 1. The average Bonchev–Trinajstić information content (AvgIpc) is 2.20. The molecule has 1 fully saturated rings. The van der Waals surface area contributed by atoms with E-state index in [2.05, 4.69) is 62.5 Å². The quantitative estimate of drug-likeness (QED) is 0.0131. The van der Waals surface area contributed by atoms with Gasteiger partial charge in [0.1, 0.15) is 60.1 Å². The SMILES string of the molecule is CCCCCC(NC(=O)C(CC(C)C)NC(=O)C(CCCN=C(N)N)NC(=O)C1CCCN1C(C)=O)C(=O)NC(Cc1ccc(O)cc1)C(=O)NC(CO)C(=O)NC(Cc1c[nH]c2ccccc12)C(=O)NC(Cc1cnc[nH]1)C(=O)NC(CCC(N)=O)C(N)=O. The summed E-state index contributed by atoms with van der Waals surface area (Å²) in [7, 11) is 0. The third kappa shape index (κ3) is 22.5. The van der Waals surface area contributed by atoms with Crippen LogP contribution >= 0.6 is 0 Å². The van der Waals surface area contributed by atoms with Crippen molar-refractivity contribution in [3.63, 3.8) is 0 Å². The lowest BCUT2D eigenvalue weighted by Gasteiger charge is -2.29. The number of para-hydroxylation sites is 1. The predicted molar refractivity (Wildman–Crippen MR) is 330 cm³/mol. The third-order valence-electron chi connectivity index (χ3n) is 15.1. The number of aromatic amines is 2. The molecule has 4 aromatic rings. The topological polar surface area (TPSA) is 489 Å². The van der Waals surface area contributed by atoms with E-state index in [0.29, 0.717) is 66.4 Å². The summed E-state index contributed by atoms with van der Waals surface area (Å²) in [5, 5.41) is 42.8. The molecule has 1 saturated heterocycles. The molecule has 5 rings (SSSR count). The minimum Gasteiger partial charge on any atom is -0.508 e. The molecule has 490 valence electrons. The maximum Gasteiger partial charge on any atom is 0.245 e. The Hall–Kier alpha value is -9.61. The average molecular weight is 1250 g/mol. The lowest BCUT2D eigenvalue weighted by molar-refractivity contribution is -0.138. The maximum atomic E-state index is 14.7. The van der Waals surface area contributed by atoms with Gasteiger partial charge in [0.15, 0.2) is 5.96 Å². The summed E-state index contributed by atoms with van der Waals surface area (Å²) in [6, 6.07) is 0.468. The van der Waals surface area contributed by atoms with Crippen LogP contribution < -0.4 is 65.5 Å².